The molecule has 4 nitrogen and oxygen atoms in total. The molecule has 0 radical (unpaired) electrons. The first-order valence-electron chi connectivity index (χ1n) is 7.81. The summed E-state index contributed by atoms with van der Waals surface area (Å²) in [4.78, 5) is 23.6. The predicted molar refractivity (Wildman–Crippen MR) is 97.5 cm³/mol. The third-order valence-corrected chi connectivity index (χ3v) is 4.17. The molecule has 126 valence electrons. The first-order chi connectivity index (χ1) is 11.4. The molecule has 0 spiro atoms. The molecule has 0 aliphatic heterocycles. The standard InChI is InChI=1S/C19H21ClN2O2/c1-12(17-6-4-5-7-18(17)20)21-13(2)19(24)22-16-10-8-15(9-11-16)14(3)23/h4-13,21H,1-3H3,(H,22,24). The first kappa shape index (κ1) is 18.2. The van der Waals surface area contributed by atoms with E-state index >= 15 is 0 Å². The summed E-state index contributed by atoms with van der Waals surface area (Å²) >= 11 is 6.18. The highest BCUT2D eigenvalue weighted by Gasteiger charge is 2.17. The number of ketones is 1. The second kappa shape index (κ2) is 8.08. The Labute approximate surface area is 147 Å². The van der Waals surface area contributed by atoms with E-state index < -0.39 is 6.04 Å². The van der Waals surface area contributed by atoms with Gasteiger partial charge in [0.15, 0.2) is 5.78 Å². The Bertz CT molecular complexity index is 728. The highest BCUT2D eigenvalue weighted by Crippen LogP contribution is 2.22. The minimum Gasteiger partial charge on any atom is -0.325 e. The van der Waals surface area contributed by atoms with Gasteiger partial charge in [-0.05, 0) is 56.7 Å². The zero-order valence-corrected chi connectivity index (χ0v) is 14.7. The maximum atomic E-state index is 12.3. The Morgan fingerprint density at radius 2 is 1.62 bits per heavy atom. The quantitative estimate of drug-likeness (QED) is 0.771. The SMILES string of the molecule is CC(=O)c1ccc(NC(=O)C(C)NC(C)c2ccccc2Cl)cc1. The van der Waals surface area contributed by atoms with Crippen LogP contribution in [0.4, 0.5) is 5.69 Å². The van der Waals surface area contributed by atoms with Gasteiger partial charge in [-0.25, -0.2) is 0 Å². The van der Waals surface area contributed by atoms with Crippen LogP contribution in [-0.4, -0.2) is 17.7 Å². The van der Waals surface area contributed by atoms with Gasteiger partial charge in [0.2, 0.25) is 5.91 Å². The number of amides is 1. The molecule has 0 saturated carbocycles. The second-order valence-corrected chi connectivity index (χ2v) is 6.16. The molecule has 0 bridgehead atoms. The number of hydrogen-bond acceptors (Lipinski definition) is 3. The zero-order chi connectivity index (χ0) is 17.7. The average molecular weight is 345 g/mol. The molecule has 5 heteroatoms. The summed E-state index contributed by atoms with van der Waals surface area (Å²) in [6.45, 7) is 5.27. The van der Waals surface area contributed by atoms with E-state index in [9.17, 15) is 9.59 Å². The minimum absolute atomic E-state index is 0.00326. The van der Waals surface area contributed by atoms with Crippen LogP contribution >= 0.6 is 11.6 Å². The van der Waals surface area contributed by atoms with Gasteiger partial charge in [-0.15, -0.1) is 0 Å². The van der Waals surface area contributed by atoms with Crippen molar-refractivity contribution in [1.29, 1.82) is 0 Å². The molecule has 2 N–H and O–H groups in total. The number of carbonyl (C=O) groups excluding carboxylic acids is 2. The van der Waals surface area contributed by atoms with Crippen molar-refractivity contribution in [3.05, 3.63) is 64.7 Å². The molecule has 2 aromatic carbocycles. The van der Waals surface area contributed by atoms with E-state index in [2.05, 4.69) is 10.6 Å². The number of rotatable bonds is 6. The predicted octanol–water partition coefficient (Wildman–Crippen LogP) is 4.22. The van der Waals surface area contributed by atoms with Gasteiger partial charge in [-0.3, -0.25) is 14.9 Å². The van der Waals surface area contributed by atoms with Crippen LogP contribution in [0.5, 0.6) is 0 Å². The molecule has 2 atom stereocenters. The summed E-state index contributed by atoms with van der Waals surface area (Å²) in [6.07, 6.45) is 0. The van der Waals surface area contributed by atoms with Crippen molar-refractivity contribution in [3.8, 4) is 0 Å². The lowest BCUT2D eigenvalue weighted by Crippen LogP contribution is -2.39. The molecular formula is C19H21ClN2O2. The third kappa shape index (κ3) is 4.66. The summed E-state index contributed by atoms with van der Waals surface area (Å²) in [5.41, 5.74) is 2.22. The molecule has 0 aromatic heterocycles. The lowest BCUT2D eigenvalue weighted by Gasteiger charge is -2.21. The normalized spacial score (nSPS) is 13.2. The number of halogens is 1. The van der Waals surface area contributed by atoms with Gasteiger partial charge in [0, 0.05) is 22.3 Å². The molecule has 2 rings (SSSR count). The molecule has 1 amide bonds. The van der Waals surface area contributed by atoms with Crippen LogP contribution < -0.4 is 10.6 Å². The van der Waals surface area contributed by atoms with Crippen molar-refractivity contribution >= 4 is 29.0 Å². The molecule has 24 heavy (non-hydrogen) atoms. The molecule has 2 unspecified atom stereocenters. The fourth-order valence-corrected chi connectivity index (χ4v) is 2.70. The van der Waals surface area contributed by atoms with E-state index in [1.54, 1.807) is 31.2 Å². The third-order valence-electron chi connectivity index (χ3n) is 3.82. The molecule has 0 saturated heterocycles. The Morgan fingerprint density at radius 3 is 2.21 bits per heavy atom. The van der Waals surface area contributed by atoms with Crippen LogP contribution in [0.15, 0.2) is 48.5 Å². The van der Waals surface area contributed by atoms with Gasteiger partial charge in [0.1, 0.15) is 0 Å². The highest BCUT2D eigenvalue weighted by molar-refractivity contribution is 6.31. The summed E-state index contributed by atoms with van der Waals surface area (Å²) in [5.74, 6) is -0.152. The Morgan fingerprint density at radius 1 is 1.00 bits per heavy atom. The number of nitrogens with one attached hydrogen (secondary N) is 2. The van der Waals surface area contributed by atoms with Crippen LogP contribution in [0.2, 0.25) is 5.02 Å². The van der Waals surface area contributed by atoms with Crippen LogP contribution in [0.25, 0.3) is 0 Å². The van der Waals surface area contributed by atoms with Crippen LogP contribution in [0.1, 0.15) is 42.7 Å². The van der Waals surface area contributed by atoms with Gasteiger partial charge >= 0.3 is 0 Å². The number of anilines is 1. The Balaban J connectivity index is 1.97. The van der Waals surface area contributed by atoms with Crippen molar-refractivity contribution in [2.45, 2.75) is 32.9 Å². The minimum atomic E-state index is -0.399. The summed E-state index contributed by atoms with van der Waals surface area (Å²) in [7, 11) is 0. The fraction of sp³-hybridized carbons (Fsp3) is 0.263. The maximum Gasteiger partial charge on any atom is 0.241 e. The van der Waals surface area contributed by atoms with Gasteiger partial charge in [0.25, 0.3) is 0 Å². The second-order valence-electron chi connectivity index (χ2n) is 5.75. The van der Waals surface area contributed by atoms with Gasteiger partial charge < -0.3 is 5.32 Å². The number of carbonyl (C=O) groups is 2. The number of benzene rings is 2. The molecule has 0 aliphatic rings. The molecule has 0 heterocycles. The van der Waals surface area contributed by atoms with E-state index in [1.807, 2.05) is 31.2 Å². The van der Waals surface area contributed by atoms with E-state index in [0.29, 0.717) is 16.3 Å². The highest BCUT2D eigenvalue weighted by atomic mass is 35.5. The number of Topliss-reactive ketones (excluding diaryl/α,β-unsaturated/α-hetero) is 1. The van der Waals surface area contributed by atoms with E-state index in [1.165, 1.54) is 6.92 Å². The Kier molecular flexibility index (Phi) is 6.12. The van der Waals surface area contributed by atoms with Crippen molar-refractivity contribution in [2.24, 2.45) is 0 Å². The van der Waals surface area contributed by atoms with Crippen molar-refractivity contribution in [3.63, 3.8) is 0 Å². The fourth-order valence-electron chi connectivity index (χ4n) is 2.41. The summed E-state index contributed by atoms with van der Waals surface area (Å²) in [5, 5.41) is 6.74. The molecule has 0 aliphatic carbocycles. The summed E-state index contributed by atoms with van der Waals surface area (Å²) in [6, 6.07) is 13.9. The van der Waals surface area contributed by atoms with E-state index in [0.717, 1.165) is 5.56 Å². The smallest absolute Gasteiger partial charge is 0.241 e. The van der Waals surface area contributed by atoms with Crippen molar-refractivity contribution < 1.29 is 9.59 Å². The van der Waals surface area contributed by atoms with E-state index in [-0.39, 0.29) is 17.7 Å². The molecule has 0 fully saturated rings. The van der Waals surface area contributed by atoms with Gasteiger partial charge in [0.05, 0.1) is 6.04 Å². The summed E-state index contributed by atoms with van der Waals surface area (Å²) < 4.78 is 0. The monoisotopic (exact) mass is 344 g/mol. The lowest BCUT2D eigenvalue weighted by atomic mass is 10.1. The van der Waals surface area contributed by atoms with Gasteiger partial charge in [-0.2, -0.15) is 0 Å². The van der Waals surface area contributed by atoms with Crippen LogP contribution in [0.3, 0.4) is 0 Å². The zero-order valence-electron chi connectivity index (χ0n) is 14.0. The van der Waals surface area contributed by atoms with Crippen molar-refractivity contribution in [1.82, 2.24) is 5.32 Å². The van der Waals surface area contributed by atoms with Crippen molar-refractivity contribution in [2.75, 3.05) is 5.32 Å². The average Bonchev–Trinajstić information content (AvgIpc) is 2.55. The first-order valence-corrected chi connectivity index (χ1v) is 8.18. The lowest BCUT2D eigenvalue weighted by molar-refractivity contribution is -0.117. The van der Waals surface area contributed by atoms with E-state index in [4.69, 9.17) is 11.6 Å². The largest absolute Gasteiger partial charge is 0.325 e. The maximum absolute atomic E-state index is 12.3. The van der Waals surface area contributed by atoms with Gasteiger partial charge in [-0.1, -0.05) is 29.8 Å². The molecular weight excluding hydrogens is 324 g/mol. The van der Waals surface area contributed by atoms with Crippen LogP contribution in [-0.2, 0) is 4.79 Å². The Hall–Kier alpha value is -2.17. The van der Waals surface area contributed by atoms with Crippen LogP contribution in [0, 0.1) is 0 Å². The number of hydrogen-bond donors (Lipinski definition) is 2. The topological polar surface area (TPSA) is 58.2 Å². The molecule has 2 aromatic rings.